The number of rotatable bonds is 10. The number of likely N-dealkylation sites (tertiary alicyclic amines) is 1. The van der Waals surface area contributed by atoms with Crippen LogP contribution in [0.4, 0.5) is 0 Å². The van der Waals surface area contributed by atoms with Gasteiger partial charge in [0.25, 0.3) is 0 Å². The van der Waals surface area contributed by atoms with Gasteiger partial charge in [0.15, 0.2) is 0 Å². The van der Waals surface area contributed by atoms with Crippen molar-refractivity contribution in [1.82, 2.24) is 9.80 Å². The van der Waals surface area contributed by atoms with Crippen molar-refractivity contribution in [2.45, 2.75) is 32.7 Å². The van der Waals surface area contributed by atoms with Crippen LogP contribution in [0.15, 0.2) is 21.9 Å². The van der Waals surface area contributed by atoms with Crippen LogP contribution in [0.2, 0.25) is 0 Å². The maximum atomic E-state index is 9.80. The molecule has 2 aliphatic heterocycles. The maximum Gasteiger partial charge on any atom is 0.216 e. The summed E-state index contributed by atoms with van der Waals surface area (Å²) in [4.78, 5) is 12.9. The molecule has 2 aliphatic rings. The van der Waals surface area contributed by atoms with Gasteiger partial charge in [0, 0.05) is 51.5 Å². The lowest BCUT2D eigenvalue weighted by molar-refractivity contribution is -0.221. The van der Waals surface area contributed by atoms with E-state index in [0.717, 1.165) is 45.0 Å². The Morgan fingerprint density at radius 1 is 1.48 bits per heavy atom. The number of hydrogen-bond donors (Lipinski definition) is 2. The van der Waals surface area contributed by atoms with Gasteiger partial charge in [0.1, 0.15) is 5.82 Å². The normalized spacial score (nSPS) is 24.3. The number of allylic oxidation sites excluding steroid dienone is 1. The fourth-order valence-electron chi connectivity index (χ4n) is 3.03. The lowest BCUT2D eigenvalue weighted by Crippen LogP contribution is -2.56. The van der Waals surface area contributed by atoms with Crippen LogP contribution < -0.4 is 5.73 Å². The molecule has 25 heavy (non-hydrogen) atoms. The fourth-order valence-corrected chi connectivity index (χ4v) is 3.03. The Balaban J connectivity index is 1.87. The van der Waals surface area contributed by atoms with E-state index in [9.17, 15) is 5.11 Å². The fraction of sp³-hybridized carbons (Fsp3) is 0.765. The summed E-state index contributed by atoms with van der Waals surface area (Å²) in [5, 5.41) is 9.80. The zero-order valence-electron chi connectivity index (χ0n) is 15.3. The Morgan fingerprint density at radius 3 is 2.88 bits per heavy atom. The first-order valence-electron chi connectivity index (χ1n) is 9.02. The number of aliphatic hydroxyl groups is 1. The van der Waals surface area contributed by atoms with Crippen LogP contribution in [0, 0.1) is 5.92 Å². The number of hydrogen-bond acceptors (Lipinski definition) is 7. The summed E-state index contributed by atoms with van der Waals surface area (Å²) in [5.74, 6) is 1.27. The van der Waals surface area contributed by atoms with Gasteiger partial charge < -0.3 is 25.2 Å². The molecule has 0 aromatic carbocycles. The van der Waals surface area contributed by atoms with Crippen molar-refractivity contribution in [2.75, 3.05) is 46.0 Å². The molecule has 142 valence electrons. The quantitative estimate of drug-likeness (QED) is 0.332. The lowest BCUT2D eigenvalue weighted by Gasteiger charge is -2.43. The summed E-state index contributed by atoms with van der Waals surface area (Å²) in [5.41, 5.74) is 5.51. The number of nitrogens with zero attached hydrogens (tertiary/aromatic N) is 4. The average molecular weight is 353 g/mol. The highest BCUT2D eigenvalue weighted by atomic mass is 16.6. The third-order valence-corrected chi connectivity index (χ3v) is 4.43. The van der Waals surface area contributed by atoms with E-state index in [1.54, 1.807) is 6.21 Å². The van der Waals surface area contributed by atoms with Crippen LogP contribution >= 0.6 is 0 Å². The summed E-state index contributed by atoms with van der Waals surface area (Å²) < 4.78 is 10.5. The number of aliphatic imine (C=N–C) groups is 2. The van der Waals surface area contributed by atoms with Gasteiger partial charge in [0.2, 0.25) is 6.41 Å². The molecule has 2 heterocycles. The monoisotopic (exact) mass is 353 g/mol. The second-order valence-electron chi connectivity index (χ2n) is 6.26. The van der Waals surface area contributed by atoms with Gasteiger partial charge in [-0.25, -0.2) is 4.99 Å². The lowest BCUT2D eigenvalue weighted by atomic mass is 10.00. The first-order valence-corrected chi connectivity index (χ1v) is 9.02. The van der Waals surface area contributed by atoms with Gasteiger partial charge in [-0.15, -0.1) is 0 Å². The SMILES string of the molecule is CCOC(O)N1CC(CN(CC)C(=CC=N[C@@H]2CCOC2)N=CN)C1. The van der Waals surface area contributed by atoms with Gasteiger partial charge in [0.05, 0.1) is 19.0 Å². The molecule has 2 saturated heterocycles. The van der Waals surface area contributed by atoms with Crippen molar-refractivity contribution >= 4 is 12.6 Å². The Hall–Kier alpha value is -1.48. The summed E-state index contributed by atoms with van der Waals surface area (Å²) >= 11 is 0. The molecule has 0 amide bonds. The van der Waals surface area contributed by atoms with E-state index in [-0.39, 0.29) is 6.04 Å². The molecule has 0 bridgehead atoms. The highest BCUT2D eigenvalue weighted by Gasteiger charge is 2.33. The molecule has 1 unspecified atom stereocenters. The molecule has 3 N–H and O–H groups in total. The third-order valence-electron chi connectivity index (χ3n) is 4.43. The first-order chi connectivity index (χ1) is 12.2. The number of ether oxygens (including phenoxy) is 2. The molecule has 0 aromatic rings. The van der Waals surface area contributed by atoms with Crippen LogP contribution in [0.1, 0.15) is 20.3 Å². The molecule has 0 radical (unpaired) electrons. The third kappa shape index (κ3) is 6.07. The van der Waals surface area contributed by atoms with Crippen molar-refractivity contribution in [2.24, 2.45) is 21.6 Å². The van der Waals surface area contributed by atoms with E-state index >= 15 is 0 Å². The molecule has 0 aromatic heterocycles. The molecule has 8 nitrogen and oxygen atoms in total. The largest absolute Gasteiger partial charge is 0.390 e. The summed E-state index contributed by atoms with van der Waals surface area (Å²) in [6, 6.07) is 0.245. The smallest absolute Gasteiger partial charge is 0.216 e. The van der Waals surface area contributed by atoms with Gasteiger partial charge in [-0.2, -0.15) is 0 Å². The molecule has 0 spiro atoms. The Kier molecular flexibility index (Phi) is 8.33. The van der Waals surface area contributed by atoms with E-state index in [4.69, 9.17) is 15.2 Å². The number of aliphatic hydroxyl groups excluding tert-OH is 1. The van der Waals surface area contributed by atoms with Crippen molar-refractivity contribution in [3.05, 3.63) is 11.9 Å². The minimum Gasteiger partial charge on any atom is -0.390 e. The molecule has 8 heteroatoms. The van der Waals surface area contributed by atoms with Crippen molar-refractivity contribution < 1.29 is 14.6 Å². The zero-order chi connectivity index (χ0) is 18.1. The number of nitrogens with two attached hydrogens (primary N) is 1. The molecular formula is C17H31N5O3. The average Bonchev–Trinajstić information content (AvgIpc) is 3.07. The van der Waals surface area contributed by atoms with E-state index in [2.05, 4.69) is 21.8 Å². The summed E-state index contributed by atoms with van der Waals surface area (Å²) in [6.45, 7) is 9.25. The highest BCUT2D eigenvalue weighted by Crippen LogP contribution is 2.21. The van der Waals surface area contributed by atoms with Crippen LogP contribution in [0.3, 0.4) is 0 Å². The van der Waals surface area contributed by atoms with Crippen LogP contribution in [-0.2, 0) is 9.47 Å². The minimum atomic E-state index is -0.797. The molecule has 2 fully saturated rings. The minimum absolute atomic E-state index is 0.245. The zero-order valence-corrected chi connectivity index (χ0v) is 15.3. The van der Waals surface area contributed by atoms with Crippen molar-refractivity contribution in [1.29, 1.82) is 0 Å². The Morgan fingerprint density at radius 2 is 2.28 bits per heavy atom. The van der Waals surface area contributed by atoms with Crippen LogP contribution in [0.25, 0.3) is 0 Å². The molecule has 2 rings (SSSR count). The van der Waals surface area contributed by atoms with Gasteiger partial charge in [-0.05, 0) is 26.3 Å². The topological polar surface area (TPSA) is 95.9 Å². The van der Waals surface area contributed by atoms with E-state index < -0.39 is 6.41 Å². The van der Waals surface area contributed by atoms with Crippen molar-refractivity contribution in [3.63, 3.8) is 0 Å². The molecule has 0 aliphatic carbocycles. The molecule has 0 saturated carbocycles. The van der Waals surface area contributed by atoms with Crippen LogP contribution in [0.5, 0.6) is 0 Å². The van der Waals surface area contributed by atoms with Crippen LogP contribution in [-0.4, -0.2) is 85.9 Å². The standard InChI is InChI=1S/C17H31N5O3/c1-3-21(9-14-10-22(11-14)17(23)25-4-2)16(20-13-18)5-7-19-15-6-8-24-12-15/h5,7,13-15,17,23H,3-4,6,8-12H2,1-2H3,(H2,18,20)/t15-,17?/m1/s1. The van der Waals surface area contributed by atoms with E-state index in [1.165, 1.54) is 6.34 Å². The summed E-state index contributed by atoms with van der Waals surface area (Å²) in [7, 11) is 0. The summed E-state index contributed by atoms with van der Waals surface area (Å²) in [6.07, 6.45) is 5.19. The van der Waals surface area contributed by atoms with Gasteiger partial charge in [-0.1, -0.05) is 0 Å². The Labute approximate surface area is 150 Å². The van der Waals surface area contributed by atoms with E-state index in [1.807, 2.05) is 17.9 Å². The Bertz CT molecular complexity index is 471. The van der Waals surface area contributed by atoms with Gasteiger partial charge in [-0.3, -0.25) is 9.89 Å². The first kappa shape index (κ1) is 19.8. The maximum absolute atomic E-state index is 9.80. The molecular weight excluding hydrogens is 322 g/mol. The molecule has 2 atom stereocenters. The highest BCUT2D eigenvalue weighted by molar-refractivity contribution is 5.72. The van der Waals surface area contributed by atoms with Crippen molar-refractivity contribution in [3.8, 4) is 0 Å². The predicted octanol–water partition coefficient (Wildman–Crippen LogP) is 0.241. The second kappa shape index (κ2) is 10.5. The predicted molar refractivity (Wildman–Crippen MR) is 98.4 cm³/mol. The van der Waals surface area contributed by atoms with E-state index in [0.29, 0.717) is 19.1 Å². The van der Waals surface area contributed by atoms with Gasteiger partial charge >= 0.3 is 0 Å². The second-order valence-corrected chi connectivity index (χ2v) is 6.26.